The van der Waals surface area contributed by atoms with E-state index in [4.69, 9.17) is 10.5 Å². The molecule has 26 heavy (non-hydrogen) atoms. The van der Waals surface area contributed by atoms with Gasteiger partial charge >= 0.3 is 12.0 Å². The number of para-hydroxylation sites is 1. The standard InChI is InChI=1S/C19H21N3O4/c1-11-7-6-10-15(12(11)2)21-16-9-5-4-8-14(16)18(24)26-13(3)17(23)22-19(20)25/h4-10,13,21H,1-3H3,(H3,20,22,23,25)/t13-/m0/s1. The number of imide groups is 1. The summed E-state index contributed by atoms with van der Waals surface area (Å²) < 4.78 is 5.13. The molecule has 7 heteroatoms. The first-order chi connectivity index (χ1) is 12.3. The maximum absolute atomic E-state index is 12.4. The van der Waals surface area contributed by atoms with Crippen LogP contribution in [-0.2, 0) is 9.53 Å². The minimum Gasteiger partial charge on any atom is -0.449 e. The van der Waals surface area contributed by atoms with Crippen molar-refractivity contribution in [2.24, 2.45) is 5.73 Å². The predicted octanol–water partition coefficient (Wildman–Crippen LogP) is 2.79. The number of primary amides is 1. The van der Waals surface area contributed by atoms with E-state index >= 15 is 0 Å². The van der Waals surface area contributed by atoms with Gasteiger partial charge in [-0.05, 0) is 50.1 Å². The molecule has 0 unspecified atom stereocenters. The lowest BCUT2D eigenvalue weighted by Gasteiger charge is -2.16. The molecule has 0 saturated carbocycles. The second-order valence-corrected chi connectivity index (χ2v) is 5.82. The van der Waals surface area contributed by atoms with Crippen LogP contribution in [-0.4, -0.2) is 24.0 Å². The molecule has 0 aromatic heterocycles. The van der Waals surface area contributed by atoms with Gasteiger partial charge in [0.15, 0.2) is 6.10 Å². The van der Waals surface area contributed by atoms with Crippen molar-refractivity contribution in [1.29, 1.82) is 0 Å². The van der Waals surface area contributed by atoms with Crippen LogP contribution in [0.15, 0.2) is 42.5 Å². The number of nitrogens with one attached hydrogen (secondary N) is 2. The Morgan fingerprint density at radius 2 is 1.65 bits per heavy atom. The topological polar surface area (TPSA) is 111 Å². The quantitative estimate of drug-likeness (QED) is 0.714. The number of urea groups is 1. The first kappa shape index (κ1) is 19.0. The maximum atomic E-state index is 12.4. The van der Waals surface area contributed by atoms with Crippen molar-refractivity contribution < 1.29 is 19.1 Å². The van der Waals surface area contributed by atoms with Gasteiger partial charge in [0.1, 0.15) is 0 Å². The lowest BCUT2D eigenvalue weighted by Crippen LogP contribution is -2.42. The molecule has 0 spiro atoms. The summed E-state index contributed by atoms with van der Waals surface area (Å²) in [7, 11) is 0. The van der Waals surface area contributed by atoms with Gasteiger partial charge in [-0.1, -0.05) is 24.3 Å². The highest BCUT2D eigenvalue weighted by Gasteiger charge is 2.21. The molecule has 3 amide bonds. The highest BCUT2D eigenvalue weighted by molar-refractivity contribution is 6.00. The average Bonchev–Trinajstić information content (AvgIpc) is 2.58. The number of ether oxygens (including phenoxy) is 1. The van der Waals surface area contributed by atoms with Crippen LogP contribution in [0.4, 0.5) is 16.2 Å². The summed E-state index contributed by atoms with van der Waals surface area (Å²) >= 11 is 0. The first-order valence-corrected chi connectivity index (χ1v) is 8.03. The third-order valence-electron chi connectivity index (χ3n) is 3.92. The smallest absolute Gasteiger partial charge is 0.341 e. The molecule has 1 atom stereocenters. The van der Waals surface area contributed by atoms with Crippen LogP contribution in [0.25, 0.3) is 0 Å². The van der Waals surface area contributed by atoms with Crippen LogP contribution >= 0.6 is 0 Å². The number of carbonyl (C=O) groups is 3. The van der Waals surface area contributed by atoms with Crippen LogP contribution in [0.5, 0.6) is 0 Å². The molecule has 0 bridgehead atoms. The van der Waals surface area contributed by atoms with Gasteiger partial charge in [-0.25, -0.2) is 9.59 Å². The Kier molecular flexibility index (Phi) is 5.95. The van der Waals surface area contributed by atoms with Crippen LogP contribution in [0.1, 0.15) is 28.4 Å². The zero-order valence-corrected chi connectivity index (χ0v) is 14.8. The fourth-order valence-electron chi connectivity index (χ4n) is 2.30. The summed E-state index contributed by atoms with van der Waals surface area (Å²) in [6, 6.07) is 11.6. The molecule has 0 aliphatic rings. The van der Waals surface area contributed by atoms with Gasteiger partial charge in [-0.15, -0.1) is 0 Å². The number of hydrogen-bond donors (Lipinski definition) is 3. The Hall–Kier alpha value is -3.35. The highest BCUT2D eigenvalue weighted by atomic mass is 16.5. The number of benzene rings is 2. The Bertz CT molecular complexity index is 848. The molecular weight excluding hydrogens is 334 g/mol. The third-order valence-corrected chi connectivity index (χ3v) is 3.92. The van der Waals surface area contributed by atoms with Crippen LogP contribution in [0.2, 0.25) is 0 Å². The molecule has 0 fully saturated rings. The van der Waals surface area contributed by atoms with Crippen molar-refractivity contribution in [3.05, 3.63) is 59.2 Å². The molecule has 2 aromatic rings. The third kappa shape index (κ3) is 4.60. The maximum Gasteiger partial charge on any atom is 0.341 e. The van der Waals surface area contributed by atoms with Crippen molar-refractivity contribution in [3.63, 3.8) is 0 Å². The summed E-state index contributed by atoms with van der Waals surface area (Å²) in [5, 5.41) is 5.10. The number of anilines is 2. The van der Waals surface area contributed by atoms with Gasteiger partial charge in [0.25, 0.3) is 5.91 Å². The van der Waals surface area contributed by atoms with Crippen LogP contribution in [0, 0.1) is 13.8 Å². The summed E-state index contributed by atoms with van der Waals surface area (Å²) in [6.45, 7) is 5.34. The first-order valence-electron chi connectivity index (χ1n) is 8.03. The molecule has 136 valence electrons. The molecule has 0 aliphatic heterocycles. The van der Waals surface area contributed by atoms with E-state index in [0.29, 0.717) is 5.69 Å². The molecular formula is C19H21N3O4. The number of nitrogens with two attached hydrogens (primary N) is 1. The number of rotatable bonds is 5. The second kappa shape index (κ2) is 8.15. The molecule has 4 N–H and O–H groups in total. The number of amides is 3. The average molecular weight is 355 g/mol. The fraction of sp³-hybridized carbons (Fsp3) is 0.211. The molecule has 0 saturated heterocycles. The van der Waals surface area contributed by atoms with Gasteiger partial charge in [-0.2, -0.15) is 0 Å². The Balaban J connectivity index is 2.20. The second-order valence-electron chi connectivity index (χ2n) is 5.82. The van der Waals surface area contributed by atoms with Gasteiger partial charge in [-0.3, -0.25) is 10.1 Å². The zero-order valence-electron chi connectivity index (χ0n) is 14.8. The van der Waals surface area contributed by atoms with Crippen molar-refractivity contribution in [3.8, 4) is 0 Å². The van der Waals surface area contributed by atoms with E-state index in [1.54, 1.807) is 24.3 Å². The van der Waals surface area contributed by atoms with E-state index in [9.17, 15) is 14.4 Å². The number of carbonyl (C=O) groups excluding carboxylic acids is 3. The molecule has 7 nitrogen and oxygen atoms in total. The van der Waals surface area contributed by atoms with Gasteiger partial charge in [0, 0.05) is 5.69 Å². The Labute approximate surface area is 151 Å². The highest BCUT2D eigenvalue weighted by Crippen LogP contribution is 2.25. The van der Waals surface area contributed by atoms with Gasteiger partial charge in [0.2, 0.25) is 0 Å². The minimum absolute atomic E-state index is 0.270. The van der Waals surface area contributed by atoms with E-state index in [1.165, 1.54) is 6.92 Å². The largest absolute Gasteiger partial charge is 0.449 e. The summed E-state index contributed by atoms with van der Waals surface area (Å²) in [5.41, 5.74) is 8.75. The van der Waals surface area contributed by atoms with E-state index < -0.39 is 24.0 Å². The number of esters is 1. The number of hydrogen-bond acceptors (Lipinski definition) is 5. The van der Waals surface area contributed by atoms with Crippen molar-refractivity contribution in [1.82, 2.24) is 5.32 Å². The van der Waals surface area contributed by atoms with Crippen molar-refractivity contribution >= 4 is 29.3 Å². The minimum atomic E-state index is -1.16. The normalized spacial score (nSPS) is 11.3. The molecule has 0 heterocycles. The molecule has 2 aromatic carbocycles. The van der Waals surface area contributed by atoms with Crippen LogP contribution in [0.3, 0.4) is 0 Å². The van der Waals surface area contributed by atoms with Crippen molar-refractivity contribution in [2.45, 2.75) is 26.9 Å². The zero-order chi connectivity index (χ0) is 19.3. The Morgan fingerprint density at radius 1 is 1.00 bits per heavy atom. The monoisotopic (exact) mass is 355 g/mol. The Morgan fingerprint density at radius 3 is 2.35 bits per heavy atom. The lowest BCUT2D eigenvalue weighted by molar-refractivity contribution is -0.127. The summed E-state index contributed by atoms with van der Waals surface area (Å²) in [5.74, 6) is -1.48. The number of aryl methyl sites for hydroxylation is 1. The summed E-state index contributed by atoms with van der Waals surface area (Å²) in [4.78, 5) is 34.8. The molecule has 2 rings (SSSR count). The fourth-order valence-corrected chi connectivity index (χ4v) is 2.30. The molecule has 0 radical (unpaired) electrons. The van der Waals surface area contributed by atoms with E-state index in [2.05, 4.69) is 5.32 Å². The van der Waals surface area contributed by atoms with E-state index in [1.807, 2.05) is 37.4 Å². The predicted molar refractivity (Wildman–Crippen MR) is 98.2 cm³/mol. The van der Waals surface area contributed by atoms with E-state index in [-0.39, 0.29) is 5.56 Å². The SMILES string of the molecule is Cc1cccc(Nc2ccccc2C(=O)O[C@@H](C)C(=O)NC(N)=O)c1C. The summed E-state index contributed by atoms with van der Waals surface area (Å²) in [6.07, 6.45) is -1.16. The van der Waals surface area contributed by atoms with E-state index in [0.717, 1.165) is 16.8 Å². The van der Waals surface area contributed by atoms with Crippen LogP contribution < -0.4 is 16.4 Å². The van der Waals surface area contributed by atoms with Crippen molar-refractivity contribution in [2.75, 3.05) is 5.32 Å². The lowest BCUT2D eigenvalue weighted by atomic mass is 10.1. The molecule has 0 aliphatic carbocycles. The van der Waals surface area contributed by atoms with Gasteiger partial charge in [0.05, 0.1) is 11.3 Å². The van der Waals surface area contributed by atoms with Gasteiger partial charge < -0.3 is 15.8 Å².